The second kappa shape index (κ2) is 3.72. The highest BCUT2D eigenvalue weighted by atomic mass is 16.3. The quantitative estimate of drug-likeness (QED) is 0.754. The molecule has 16 heavy (non-hydrogen) atoms. The first-order valence-corrected chi connectivity index (χ1v) is 5.15. The highest BCUT2D eigenvalue weighted by Crippen LogP contribution is 2.23. The van der Waals surface area contributed by atoms with Gasteiger partial charge in [0.25, 0.3) is 11.8 Å². The Hall–Kier alpha value is -1.68. The van der Waals surface area contributed by atoms with E-state index >= 15 is 0 Å². The molecule has 1 atom stereocenters. The number of benzene rings is 1. The number of carbonyl (C=O) groups excluding carboxylic acids is 2. The summed E-state index contributed by atoms with van der Waals surface area (Å²) in [6, 6.07) is 5.17. The van der Waals surface area contributed by atoms with Crippen molar-refractivity contribution in [3.05, 3.63) is 34.9 Å². The first kappa shape index (κ1) is 10.8. The molecule has 0 spiro atoms. The Bertz CT molecular complexity index is 465. The van der Waals surface area contributed by atoms with Gasteiger partial charge in [0.05, 0.1) is 23.8 Å². The third-order valence-electron chi connectivity index (χ3n) is 2.57. The van der Waals surface area contributed by atoms with E-state index in [0.717, 1.165) is 10.5 Å². The van der Waals surface area contributed by atoms with Gasteiger partial charge < -0.3 is 5.11 Å². The van der Waals surface area contributed by atoms with Gasteiger partial charge in [-0.05, 0) is 26.0 Å². The molecular weight excluding hydrogens is 206 g/mol. The lowest BCUT2D eigenvalue weighted by Crippen LogP contribution is -2.35. The van der Waals surface area contributed by atoms with Gasteiger partial charge in [-0.3, -0.25) is 14.5 Å². The number of β-amino-alcohol motifs (C(OH)–C–C–N with tert-alkyl or cyclic N) is 1. The van der Waals surface area contributed by atoms with E-state index in [9.17, 15) is 14.7 Å². The normalized spacial score (nSPS) is 16.6. The number of nitrogens with zero attached hydrogens (tertiary/aromatic N) is 1. The van der Waals surface area contributed by atoms with Crippen molar-refractivity contribution in [2.24, 2.45) is 0 Å². The van der Waals surface area contributed by atoms with Crippen LogP contribution in [-0.2, 0) is 0 Å². The minimum atomic E-state index is -0.705. The highest BCUT2D eigenvalue weighted by Gasteiger charge is 2.35. The number of hydrogen-bond donors (Lipinski definition) is 1. The second-order valence-corrected chi connectivity index (χ2v) is 4.12. The van der Waals surface area contributed by atoms with Gasteiger partial charge in [-0.2, -0.15) is 0 Å². The van der Waals surface area contributed by atoms with E-state index in [4.69, 9.17) is 0 Å². The van der Waals surface area contributed by atoms with Crippen LogP contribution in [0.25, 0.3) is 0 Å². The molecule has 0 saturated heterocycles. The van der Waals surface area contributed by atoms with Gasteiger partial charge in [0, 0.05) is 0 Å². The smallest absolute Gasteiger partial charge is 0.261 e. The van der Waals surface area contributed by atoms with E-state index in [1.165, 1.54) is 0 Å². The number of hydrogen-bond acceptors (Lipinski definition) is 3. The van der Waals surface area contributed by atoms with Gasteiger partial charge in [-0.15, -0.1) is 0 Å². The second-order valence-electron chi connectivity index (χ2n) is 4.12. The maximum absolute atomic E-state index is 11.9. The van der Waals surface area contributed by atoms with Crippen LogP contribution in [0.2, 0.25) is 0 Å². The zero-order chi connectivity index (χ0) is 11.9. The minimum Gasteiger partial charge on any atom is -0.392 e. The van der Waals surface area contributed by atoms with Crippen LogP contribution in [0.15, 0.2) is 18.2 Å². The lowest BCUT2D eigenvalue weighted by Gasteiger charge is -2.15. The van der Waals surface area contributed by atoms with Crippen LogP contribution < -0.4 is 0 Å². The Morgan fingerprint density at radius 2 is 1.88 bits per heavy atom. The number of rotatable bonds is 2. The van der Waals surface area contributed by atoms with Crippen molar-refractivity contribution in [3.63, 3.8) is 0 Å². The number of aliphatic hydroxyl groups is 1. The molecule has 4 nitrogen and oxygen atoms in total. The molecule has 1 unspecified atom stereocenters. The third kappa shape index (κ3) is 1.61. The fraction of sp³-hybridized carbons (Fsp3) is 0.333. The summed E-state index contributed by atoms with van der Waals surface area (Å²) in [5.74, 6) is -0.634. The molecule has 4 heteroatoms. The van der Waals surface area contributed by atoms with Gasteiger partial charge in [0.1, 0.15) is 0 Å². The zero-order valence-corrected chi connectivity index (χ0v) is 9.23. The minimum absolute atomic E-state index is 0.0470. The Balaban J connectivity index is 2.40. The number of aliphatic hydroxyl groups excluding tert-OH is 1. The van der Waals surface area contributed by atoms with Crippen molar-refractivity contribution in [1.29, 1.82) is 0 Å². The predicted octanol–water partition coefficient (Wildman–Crippen LogP) is 0.972. The lowest BCUT2D eigenvalue weighted by molar-refractivity contribution is 0.0563. The predicted molar refractivity (Wildman–Crippen MR) is 58.2 cm³/mol. The van der Waals surface area contributed by atoms with Crippen LogP contribution in [0.4, 0.5) is 0 Å². The molecule has 1 aliphatic rings. The lowest BCUT2D eigenvalue weighted by atomic mass is 10.1. The van der Waals surface area contributed by atoms with Crippen molar-refractivity contribution in [2.75, 3.05) is 6.54 Å². The van der Waals surface area contributed by atoms with Gasteiger partial charge in [-0.1, -0.05) is 11.6 Å². The zero-order valence-electron chi connectivity index (χ0n) is 9.23. The van der Waals surface area contributed by atoms with E-state index < -0.39 is 6.10 Å². The van der Waals surface area contributed by atoms with Crippen LogP contribution in [0.5, 0.6) is 0 Å². The fourth-order valence-electron chi connectivity index (χ4n) is 1.83. The Labute approximate surface area is 93.5 Å². The van der Waals surface area contributed by atoms with Crippen molar-refractivity contribution in [2.45, 2.75) is 20.0 Å². The van der Waals surface area contributed by atoms with Gasteiger partial charge in [0.15, 0.2) is 0 Å². The molecular formula is C12H13NO3. The molecule has 1 N–H and O–H groups in total. The first-order chi connectivity index (χ1) is 7.50. The molecule has 1 aromatic carbocycles. The van der Waals surface area contributed by atoms with Crippen LogP contribution in [-0.4, -0.2) is 34.5 Å². The molecule has 0 aromatic heterocycles. The number of aryl methyl sites for hydroxylation is 1. The van der Waals surface area contributed by atoms with E-state index in [0.29, 0.717) is 11.1 Å². The Kier molecular flexibility index (Phi) is 2.52. The molecule has 0 radical (unpaired) electrons. The SMILES string of the molecule is Cc1ccc2c(c1)C(=O)N(CC(C)O)C2=O. The summed E-state index contributed by atoms with van der Waals surface area (Å²) in [4.78, 5) is 24.8. The summed E-state index contributed by atoms with van der Waals surface area (Å²) < 4.78 is 0. The molecule has 2 amide bonds. The highest BCUT2D eigenvalue weighted by molar-refractivity contribution is 6.21. The molecule has 1 aromatic rings. The molecule has 1 aliphatic heterocycles. The van der Waals surface area contributed by atoms with Gasteiger partial charge in [0.2, 0.25) is 0 Å². The Morgan fingerprint density at radius 3 is 2.50 bits per heavy atom. The molecule has 0 aliphatic carbocycles. The largest absolute Gasteiger partial charge is 0.392 e. The van der Waals surface area contributed by atoms with E-state index in [1.54, 1.807) is 25.1 Å². The topological polar surface area (TPSA) is 57.6 Å². The molecule has 2 rings (SSSR count). The van der Waals surface area contributed by atoms with Gasteiger partial charge in [-0.25, -0.2) is 0 Å². The maximum atomic E-state index is 11.9. The molecule has 1 heterocycles. The van der Waals surface area contributed by atoms with E-state index in [2.05, 4.69) is 0 Å². The first-order valence-electron chi connectivity index (χ1n) is 5.15. The standard InChI is InChI=1S/C12H13NO3/c1-7-3-4-9-10(5-7)12(16)13(11(9)15)6-8(2)14/h3-5,8,14H,6H2,1-2H3. The van der Waals surface area contributed by atoms with Crippen molar-refractivity contribution in [3.8, 4) is 0 Å². The van der Waals surface area contributed by atoms with Crippen molar-refractivity contribution < 1.29 is 14.7 Å². The van der Waals surface area contributed by atoms with Crippen LogP contribution in [0.3, 0.4) is 0 Å². The summed E-state index contributed by atoms with van der Waals surface area (Å²) in [5, 5.41) is 9.24. The third-order valence-corrected chi connectivity index (χ3v) is 2.57. The van der Waals surface area contributed by atoms with Crippen LogP contribution in [0, 0.1) is 6.92 Å². The fourth-order valence-corrected chi connectivity index (χ4v) is 1.83. The number of imide groups is 1. The molecule has 0 fully saturated rings. The summed E-state index contributed by atoms with van der Waals surface area (Å²) in [5.41, 5.74) is 1.81. The maximum Gasteiger partial charge on any atom is 0.261 e. The summed E-state index contributed by atoms with van der Waals surface area (Å²) in [7, 11) is 0. The van der Waals surface area contributed by atoms with Crippen LogP contribution in [0.1, 0.15) is 33.2 Å². The molecule has 0 bridgehead atoms. The average Bonchev–Trinajstić information content (AvgIpc) is 2.43. The van der Waals surface area contributed by atoms with Crippen molar-refractivity contribution in [1.82, 2.24) is 4.90 Å². The average molecular weight is 219 g/mol. The molecule has 0 saturated carbocycles. The Morgan fingerprint density at radius 1 is 1.25 bits per heavy atom. The number of carbonyl (C=O) groups is 2. The van der Waals surface area contributed by atoms with E-state index in [-0.39, 0.29) is 18.4 Å². The van der Waals surface area contributed by atoms with Crippen molar-refractivity contribution >= 4 is 11.8 Å². The monoisotopic (exact) mass is 219 g/mol. The summed E-state index contributed by atoms with van der Waals surface area (Å²) in [6.07, 6.45) is -0.705. The summed E-state index contributed by atoms with van der Waals surface area (Å²) in [6.45, 7) is 3.47. The molecule has 84 valence electrons. The van der Waals surface area contributed by atoms with Crippen LogP contribution >= 0.6 is 0 Å². The summed E-state index contributed by atoms with van der Waals surface area (Å²) >= 11 is 0. The number of fused-ring (bicyclic) bond motifs is 1. The van der Waals surface area contributed by atoms with Gasteiger partial charge >= 0.3 is 0 Å². The van der Waals surface area contributed by atoms with E-state index in [1.807, 2.05) is 6.92 Å². The number of amides is 2.